The highest BCUT2D eigenvalue weighted by molar-refractivity contribution is 6.30. The number of carbonyl (C=O) groups excluding carboxylic acids is 2. The zero-order valence-corrected chi connectivity index (χ0v) is 21.5. The maximum absolute atomic E-state index is 13.9. The van der Waals surface area contributed by atoms with Crippen molar-refractivity contribution in [1.82, 2.24) is 10.2 Å². The van der Waals surface area contributed by atoms with Gasteiger partial charge < -0.3 is 10.2 Å². The molecule has 1 N–H and O–H groups in total. The number of carbonyl (C=O) groups is 2. The fourth-order valence-electron chi connectivity index (χ4n) is 4.22. The average Bonchev–Trinajstić information content (AvgIpc) is 2.88. The first-order chi connectivity index (χ1) is 16.9. The Balaban J connectivity index is 1.92. The second-order valence-corrected chi connectivity index (χ2v) is 9.73. The van der Waals surface area contributed by atoms with Gasteiger partial charge in [-0.2, -0.15) is 0 Å². The van der Waals surface area contributed by atoms with Crippen molar-refractivity contribution in [2.45, 2.75) is 52.1 Å². The van der Waals surface area contributed by atoms with Crippen LogP contribution in [0.1, 0.15) is 56.2 Å². The molecule has 3 aromatic carbocycles. The van der Waals surface area contributed by atoms with E-state index in [4.69, 9.17) is 11.6 Å². The molecule has 35 heavy (non-hydrogen) atoms. The minimum atomic E-state index is -0.552. The smallest absolute Gasteiger partial charge is 0.242 e. The molecule has 0 bridgehead atoms. The first-order valence-electron chi connectivity index (χ1n) is 12.3. The lowest BCUT2D eigenvalue weighted by Gasteiger charge is -2.32. The summed E-state index contributed by atoms with van der Waals surface area (Å²) in [7, 11) is 0. The second-order valence-electron chi connectivity index (χ2n) is 9.29. The van der Waals surface area contributed by atoms with E-state index in [1.807, 2.05) is 67.6 Å². The van der Waals surface area contributed by atoms with E-state index in [1.165, 1.54) is 0 Å². The van der Waals surface area contributed by atoms with Crippen LogP contribution in [0.25, 0.3) is 0 Å². The normalized spacial score (nSPS) is 11.9. The van der Waals surface area contributed by atoms with Crippen LogP contribution in [0.4, 0.5) is 0 Å². The molecular weight excluding hydrogens is 456 g/mol. The summed E-state index contributed by atoms with van der Waals surface area (Å²) in [6, 6.07) is 27.1. The lowest BCUT2D eigenvalue weighted by atomic mass is 9.88. The van der Waals surface area contributed by atoms with Crippen LogP contribution in [0.5, 0.6) is 0 Å². The number of halogens is 1. The maximum Gasteiger partial charge on any atom is 0.242 e. The molecule has 0 aliphatic rings. The molecule has 0 heterocycles. The number of benzene rings is 3. The van der Waals surface area contributed by atoms with Gasteiger partial charge in [-0.15, -0.1) is 0 Å². The number of nitrogens with zero attached hydrogens (tertiary/aromatic N) is 1. The van der Waals surface area contributed by atoms with Crippen molar-refractivity contribution in [3.8, 4) is 0 Å². The van der Waals surface area contributed by atoms with Gasteiger partial charge in [0, 0.05) is 30.5 Å². The van der Waals surface area contributed by atoms with Crippen molar-refractivity contribution in [3.63, 3.8) is 0 Å². The summed E-state index contributed by atoms with van der Waals surface area (Å²) in [4.78, 5) is 28.8. The van der Waals surface area contributed by atoms with Crippen LogP contribution in [0.3, 0.4) is 0 Å². The van der Waals surface area contributed by atoms with Gasteiger partial charge >= 0.3 is 0 Å². The van der Waals surface area contributed by atoms with Crippen molar-refractivity contribution in [2.75, 3.05) is 6.54 Å². The number of hydrogen-bond acceptors (Lipinski definition) is 2. The Kier molecular flexibility index (Phi) is 9.92. The zero-order chi connectivity index (χ0) is 25.2. The highest BCUT2D eigenvalue weighted by Crippen LogP contribution is 2.29. The van der Waals surface area contributed by atoms with E-state index in [2.05, 4.69) is 43.4 Å². The standard InChI is InChI=1S/C30H35ClN2O2/c1-4-28(30(35)32-20-22(2)3)33(21-23-15-17-26(31)18-16-23)29(34)19-27(24-11-7-5-8-12-24)25-13-9-6-10-14-25/h5-18,22,27-28H,4,19-21H2,1-3H3,(H,32,35). The van der Waals surface area contributed by atoms with Gasteiger partial charge in [0.2, 0.25) is 11.8 Å². The van der Waals surface area contributed by atoms with Crippen molar-refractivity contribution in [3.05, 3.63) is 107 Å². The number of amides is 2. The van der Waals surface area contributed by atoms with E-state index < -0.39 is 6.04 Å². The third-order valence-electron chi connectivity index (χ3n) is 6.12. The SMILES string of the molecule is CCC(C(=O)NCC(C)C)N(Cc1ccc(Cl)cc1)C(=O)CC(c1ccccc1)c1ccccc1. The quantitative estimate of drug-likeness (QED) is 0.336. The summed E-state index contributed by atoms with van der Waals surface area (Å²) in [6.07, 6.45) is 0.806. The van der Waals surface area contributed by atoms with E-state index >= 15 is 0 Å². The fraction of sp³-hybridized carbons (Fsp3) is 0.333. The molecule has 0 radical (unpaired) electrons. The summed E-state index contributed by atoms with van der Waals surface area (Å²) < 4.78 is 0. The molecule has 1 atom stereocenters. The van der Waals surface area contributed by atoms with E-state index in [0.717, 1.165) is 16.7 Å². The first kappa shape index (κ1) is 26.5. The lowest BCUT2D eigenvalue weighted by Crippen LogP contribution is -2.49. The van der Waals surface area contributed by atoms with Crippen LogP contribution < -0.4 is 5.32 Å². The average molecular weight is 491 g/mol. The van der Waals surface area contributed by atoms with Gasteiger partial charge in [-0.05, 0) is 41.2 Å². The molecule has 0 saturated heterocycles. The molecular formula is C30H35ClN2O2. The van der Waals surface area contributed by atoms with Gasteiger partial charge in [-0.1, -0.05) is 105 Å². The third kappa shape index (κ3) is 7.69. The van der Waals surface area contributed by atoms with Crippen molar-refractivity contribution in [1.29, 1.82) is 0 Å². The van der Waals surface area contributed by atoms with Gasteiger partial charge in [0.05, 0.1) is 0 Å². The van der Waals surface area contributed by atoms with Crippen molar-refractivity contribution in [2.24, 2.45) is 5.92 Å². The van der Waals surface area contributed by atoms with Crippen LogP contribution >= 0.6 is 11.6 Å². The Morgan fingerprint density at radius 3 is 1.89 bits per heavy atom. The topological polar surface area (TPSA) is 49.4 Å². The molecule has 0 aromatic heterocycles. The Hall–Kier alpha value is -3.11. The predicted octanol–water partition coefficient (Wildman–Crippen LogP) is 6.44. The molecule has 0 fully saturated rings. The molecule has 2 amide bonds. The van der Waals surface area contributed by atoms with Crippen LogP contribution in [-0.2, 0) is 16.1 Å². The van der Waals surface area contributed by atoms with Crippen LogP contribution in [0.15, 0.2) is 84.9 Å². The highest BCUT2D eigenvalue weighted by Gasteiger charge is 2.30. The Bertz CT molecular complexity index is 1030. The van der Waals surface area contributed by atoms with Crippen molar-refractivity contribution < 1.29 is 9.59 Å². The largest absolute Gasteiger partial charge is 0.354 e. The van der Waals surface area contributed by atoms with E-state index in [0.29, 0.717) is 30.5 Å². The summed E-state index contributed by atoms with van der Waals surface area (Å²) in [5.74, 6) is 0.0648. The molecule has 5 heteroatoms. The maximum atomic E-state index is 13.9. The highest BCUT2D eigenvalue weighted by atomic mass is 35.5. The molecule has 3 aromatic rings. The molecule has 4 nitrogen and oxygen atoms in total. The monoisotopic (exact) mass is 490 g/mol. The van der Waals surface area contributed by atoms with Crippen LogP contribution in [-0.4, -0.2) is 29.3 Å². The van der Waals surface area contributed by atoms with Gasteiger partial charge in [-0.25, -0.2) is 0 Å². The molecule has 0 aliphatic heterocycles. The summed E-state index contributed by atoms with van der Waals surface area (Å²) in [5, 5.41) is 3.67. The zero-order valence-electron chi connectivity index (χ0n) is 20.8. The summed E-state index contributed by atoms with van der Waals surface area (Å²) in [6.45, 7) is 6.99. The second kappa shape index (κ2) is 13.1. The van der Waals surface area contributed by atoms with E-state index in [9.17, 15) is 9.59 Å². The van der Waals surface area contributed by atoms with E-state index in [-0.39, 0.29) is 24.2 Å². The van der Waals surface area contributed by atoms with Crippen LogP contribution in [0.2, 0.25) is 5.02 Å². The number of hydrogen-bond donors (Lipinski definition) is 1. The predicted molar refractivity (Wildman–Crippen MR) is 143 cm³/mol. The van der Waals surface area contributed by atoms with Crippen molar-refractivity contribution >= 4 is 23.4 Å². The third-order valence-corrected chi connectivity index (χ3v) is 6.37. The van der Waals surface area contributed by atoms with E-state index in [1.54, 1.807) is 4.90 Å². The molecule has 0 saturated carbocycles. The Morgan fingerprint density at radius 1 is 0.857 bits per heavy atom. The Labute approximate surface area is 214 Å². The number of nitrogens with one attached hydrogen (secondary N) is 1. The van der Waals surface area contributed by atoms with Gasteiger partial charge in [0.15, 0.2) is 0 Å². The molecule has 1 unspecified atom stereocenters. The first-order valence-corrected chi connectivity index (χ1v) is 12.7. The molecule has 3 rings (SSSR count). The summed E-state index contributed by atoms with van der Waals surface area (Å²) >= 11 is 6.08. The fourth-order valence-corrected chi connectivity index (χ4v) is 4.35. The number of rotatable bonds is 11. The van der Waals surface area contributed by atoms with Gasteiger partial charge in [0.25, 0.3) is 0 Å². The van der Waals surface area contributed by atoms with Gasteiger partial charge in [-0.3, -0.25) is 9.59 Å². The molecule has 184 valence electrons. The summed E-state index contributed by atoms with van der Waals surface area (Å²) in [5.41, 5.74) is 3.10. The lowest BCUT2D eigenvalue weighted by molar-refractivity contribution is -0.141. The minimum absolute atomic E-state index is 0.0517. The molecule has 0 aliphatic carbocycles. The van der Waals surface area contributed by atoms with Crippen LogP contribution in [0, 0.1) is 5.92 Å². The Morgan fingerprint density at radius 2 is 1.40 bits per heavy atom. The van der Waals surface area contributed by atoms with Gasteiger partial charge in [0.1, 0.15) is 6.04 Å². The minimum Gasteiger partial charge on any atom is -0.354 e. The molecule has 0 spiro atoms.